The molecular formula is C19H33NO. The maximum Gasteiger partial charge on any atom is 0.122 e. The fourth-order valence-corrected chi connectivity index (χ4v) is 2.43. The van der Waals surface area contributed by atoms with Gasteiger partial charge in [-0.1, -0.05) is 32.8 Å². The molecule has 0 aliphatic carbocycles. The van der Waals surface area contributed by atoms with E-state index in [9.17, 15) is 0 Å². The van der Waals surface area contributed by atoms with Crippen LogP contribution in [0, 0.1) is 26.7 Å². The zero-order chi connectivity index (χ0) is 15.7. The Morgan fingerprint density at radius 2 is 1.71 bits per heavy atom. The van der Waals surface area contributed by atoms with Crippen LogP contribution in [0.1, 0.15) is 56.2 Å². The maximum absolute atomic E-state index is 5.94. The molecule has 0 spiro atoms. The summed E-state index contributed by atoms with van der Waals surface area (Å²) in [5, 5.41) is 3.49. The van der Waals surface area contributed by atoms with E-state index in [0.717, 1.165) is 37.8 Å². The Morgan fingerprint density at radius 3 is 2.43 bits per heavy atom. The van der Waals surface area contributed by atoms with Crippen molar-refractivity contribution in [2.45, 2.75) is 60.3 Å². The number of hydrogen-bond donors (Lipinski definition) is 1. The normalized spacial score (nSPS) is 11.1. The molecule has 0 aliphatic heterocycles. The van der Waals surface area contributed by atoms with Crippen molar-refractivity contribution in [2.75, 3.05) is 19.7 Å². The van der Waals surface area contributed by atoms with Gasteiger partial charge in [-0.3, -0.25) is 0 Å². The van der Waals surface area contributed by atoms with Crippen LogP contribution in [0.3, 0.4) is 0 Å². The molecule has 0 saturated heterocycles. The summed E-state index contributed by atoms with van der Waals surface area (Å²) < 4.78 is 5.94. The van der Waals surface area contributed by atoms with Gasteiger partial charge in [0.2, 0.25) is 0 Å². The molecule has 21 heavy (non-hydrogen) atoms. The van der Waals surface area contributed by atoms with Gasteiger partial charge in [0.25, 0.3) is 0 Å². The highest BCUT2D eigenvalue weighted by atomic mass is 16.5. The summed E-state index contributed by atoms with van der Waals surface area (Å²) in [6.07, 6.45) is 4.97. The lowest BCUT2D eigenvalue weighted by Gasteiger charge is -2.12. The third kappa shape index (κ3) is 7.52. The van der Waals surface area contributed by atoms with Crippen LogP contribution in [0.2, 0.25) is 0 Å². The summed E-state index contributed by atoms with van der Waals surface area (Å²) >= 11 is 0. The molecule has 1 N–H and O–H groups in total. The average Bonchev–Trinajstić information content (AvgIpc) is 2.41. The van der Waals surface area contributed by atoms with Crippen LogP contribution < -0.4 is 10.1 Å². The SMILES string of the molecule is Cc1cc(C)c(C)c(OCCCCCCNCC(C)C)c1. The van der Waals surface area contributed by atoms with Crippen LogP contribution in [-0.2, 0) is 0 Å². The fourth-order valence-electron chi connectivity index (χ4n) is 2.43. The van der Waals surface area contributed by atoms with E-state index in [2.05, 4.69) is 52.1 Å². The number of hydrogen-bond acceptors (Lipinski definition) is 2. The van der Waals surface area contributed by atoms with Gasteiger partial charge in [-0.25, -0.2) is 0 Å². The highest BCUT2D eigenvalue weighted by molar-refractivity contribution is 5.41. The first-order valence-electron chi connectivity index (χ1n) is 8.42. The van der Waals surface area contributed by atoms with Gasteiger partial charge >= 0.3 is 0 Å². The van der Waals surface area contributed by atoms with Gasteiger partial charge in [0.05, 0.1) is 6.61 Å². The van der Waals surface area contributed by atoms with Crippen molar-refractivity contribution in [1.82, 2.24) is 5.32 Å². The van der Waals surface area contributed by atoms with E-state index < -0.39 is 0 Å². The van der Waals surface area contributed by atoms with Crippen molar-refractivity contribution in [3.8, 4) is 5.75 Å². The zero-order valence-electron chi connectivity index (χ0n) is 14.6. The van der Waals surface area contributed by atoms with Crippen LogP contribution in [0.5, 0.6) is 5.75 Å². The molecule has 0 unspecified atom stereocenters. The van der Waals surface area contributed by atoms with E-state index in [4.69, 9.17) is 4.74 Å². The molecule has 0 heterocycles. The lowest BCUT2D eigenvalue weighted by atomic mass is 10.1. The van der Waals surface area contributed by atoms with Gasteiger partial charge < -0.3 is 10.1 Å². The average molecular weight is 291 g/mol. The molecule has 0 aromatic heterocycles. The topological polar surface area (TPSA) is 21.3 Å². The Hall–Kier alpha value is -1.02. The monoisotopic (exact) mass is 291 g/mol. The molecule has 0 fully saturated rings. The predicted octanol–water partition coefficient (Wildman–Crippen LogP) is 4.80. The van der Waals surface area contributed by atoms with Gasteiger partial charge in [0.1, 0.15) is 5.75 Å². The summed E-state index contributed by atoms with van der Waals surface area (Å²) in [6, 6.07) is 4.37. The molecule has 0 bridgehead atoms. The summed E-state index contributed by atoms with van der Waals surface area (Å²) in [7, 11) is 0. The number of rotatable bonds is 10. The highest BCUT2D eigenvalue weighted by Crippen LogP contribution is 2.23. The van der Waals surface area contributed by atoms with Crippen molar-refractivity contribution < 1.29 is 4.74 Å². The molecule has 1 aromatic rings. The van der Waals surface area contributed by atoms with E-state index in [-0.39, 0.29) is 0 Å². The Balaban J connectivity index is 2.09. The fraction of sp³-hybridized carbons (Fsp3) is 0.684. The molecular weight excluding hydrogens is 258 g/mol. The number of ether oxygens (including phenoxy) is 1. The third-order valence-corrected chi connectivity index (χ3v) is 3.82. The second-order valence-electron chi connectivity index (χ2n) is 6.57. The Kier molecular flexibility index (Phi) is 8.44. The molecule has 2 heteroatoms. The highest BCUT2D eigenvalue weighted by Gasteiger charge is 2.03. The smallest absolute Gasteiger partial charge is 0.122 e. The van der Waals surface area contributed by atoms with Crippen molar-refractivity contribution >= 4 is 0 Å². The number of unbranched alkanes of at least 4 members (excludes halogenated alkanes) is 3. The Labute approximate surface area is 131 Å². The first-order valence-corrected chi connectivity index (χ1v) is 8.42. The minimum Gasteiger partial charge on any atom is -0.493 e. The Bertz CT molecular complexity index is 412. The van der Waals surface area contributed by atoms with Crippen LogP contribution >= 0.6 is 0 Å². The second kappa shape index (κ2) is 9.83. The number of aryl methyl sites for hydroxylation is 2. The van der Waals surface area contributed by atoms with E-state index in [1.807, 2.05) is 0 Å². The minimum absolute atomic E-state index is 0.749. The molecule has 0 amide bonds. The quantitative estimate of drug-likeness (QED) is 0.625. The van der Waals surface area contributed by atoms with E-state index in [1.165, 1.54) is 36.0 Å². The zero-order valence-corrected chi connectivity index (χ0v) is 14.6. The molecule has 0 atom stereocenters. The predicted molar refractivity (Wildman–Crippen MR) is 92.3 cm³/mol. The van der Waals surface area contributed by atoms with Crippen LogP contribution in [0.25, 0.3) is 0 Å². The van der Waals surface area contributed by atoms with Crippen LogP contribution in [0.4, 0.5) is 0 Å². The molecule has 1 aromatic carbocycles. The van der Waals surface area contributed by atoms with E-state index >= 15 is 0 Å². The molecule has 2 nitrogen and oxygen atoms in total. The van der Waals surface area contributed by atoms with Crippen molar-refractivity contribution in [1.29, 1.82) is 0 Å². The molecule has 0 aliphatic rings. The lowest BCUT2D eigenvalue weighted by Crippen LogP contribution is -2.20. The first-order chi connectivity index (χ1) is 10.0. The van der Waals surface area contributed by atoms with Gasteiger partial charge in [-0.05, 0) is 75.4 Å². The third-order valence-electron chi connectivity index (χ3n) is 3.82. The van der Waals surface area contributed by atoms with Gasteiger partial charge in [-0.2, -0.15) is 0 Å². The maximum atomic E-state index is 5.94. The first kappa shape index (κ1) is 18.0. The summed E-state index contributed by atoms with van der Waals surface area (Å²) in [5.41, 5.74) is 3.88. The van der Waals surface area contributed by atoms with Crippen molar-refractivity contribution in [3.63, 3.8) is 0 Å². The largest absolute Gasteiger partial charge is 0.493 e. The number of nitrogens with one attached hydrogen (secondary N) is 1. The van der Waals surface area contributed by atoms with Crippen LogP contribution in [0.15, 0.2) is 12.1 Å². The lowest BCUT2D eigenvalue weighted by molar-refractivity contribution is 0.302. The van der Waals surface area contributed by atoms with E-state index in [1.54, 1.807) is 0 Å². The molecule has 0 saturated carbocycles. The van der Waals surface area contributed by atoms with E-state index in [0.29, 0.717) is 0 Å². The molecule has 0 radical (unpaired) electrons. The second-order valence-corrected chi connectivity index (χ2v) is 6.57. The summed E-state index contributed by atoms with van der Waals surface area (Å²) in [4.78, 5) is 0. The summed E-state index contributed by atoms with van der Waals surface area (Å²) in [6.45, 7) is 14.0. The number of benzene rings is 1. The van der Waals surface area contributed by atoms with Crippen molar-refractivity contribution in [2.24, 2.45) is 5.92 Å². The van der Waals surface area contributed by atoms with Crippen molar-refractivity contribution in [3.05, 3.63) is 28.8 Å². The molecule has 120 valence electrons. The minimum atomic E-state index is 0.749. The van der Waals surface area contributed by atoms with Gasteiger partial charge in [-0.15, -0.1) is 0 Å². The van der Waals surface area contributed by atoms with Gasteiger partial charge in [0.15, 0.2) is 0 Å². The molecule has 1 rings (SSSR count). The van der Waals surface area contributed by atoms with Crippen LogP contribution in [-0.4, -0.2) is 19.7 Å². The Morgan fingerprint density at radius 1 is 1.00 bits per heavy atom. The standard InChI is InChI=1S/C19H33NO/c1-15(2)14-20-10-8-6-7-9-11-21-19-13-16(3)12-17(4)18(19)5/h12-13,15,20H,6-11,14H2,1-5H3. The van der Waals surface area contributed by atoms with Gasteiger partial charge in [0, 0.05) is 0 Å². The summed E-state index contributed by atoms with van der Waals surface area (Å²) in [5.74, 6) is 1.81.